The van der Waals surface area contributed by atoms with E-state index in [1.54, 1.807) is 0 Å². The molecule has 3 heteroatoms. The Morgan fingerprint density at radius 1 is 0.846 bits per heavy atom. The number of hydrogen-bond acceptors (Lipinski definition) is 2. The average Bonchev–Trinajstić information content (AvgIpc) is 2.20. The Labute approximate surface area is 88.6 Å². The molecule has 2 nitrogen and oxygen atoms in total. The van der Waals surface area contributed by atoms with Gasteiger partial charge in [-0.05, 0) is 0 Å². The Morgan fingerprint density at radius 3 is 1.46 bits per heavy atom. The third-order valence-electron chi connectivity index (χ3n) is 2.57. The Morgan fingerprint density at radius 2 is 1.23 bits per heavy atom. The zero-order valence-corrected chi connectivity index (χ0v) is 12.0. The molecule has 0 radical (unpaired) electrons. The third kappa shape index (κ3) is 5.29. The van der Waals surface area contributed by atoms with Crippen LogP contribution in [-0.2, 0) is 26.8 Å². The second-order valence-electron chi connectivity index (χ2n) is 3.53. The first-order valence-corrected chi connectivity index (χ1v) is 10.8. The molecule has 0 aromatic carbocycles. The van der Waals surface area contributed by atoms with E-state index >= 15 is 0 Å². The molecule has 13 heavy (non-hydrogen) atoms. The summed E-state index contributed by atoms with van der Waals surface area (Å²) in [5.74, 6) is 0. The minimum absolute atomic E-state index is 1.22. The molecule has 0 saturated heterocycles. The molecule has 0 rings (SSSR count). The topological polar surface area (TPSA) is 18.5 Å². The normalized spacial score (nSPS) is 12.0. The summed E-state index contributed by atoms with van der Waals surface area (Å²) < 4.78 is 13.8. The van der Waals surface area contributed by atoms with Crippen LogP contribution in [0.5, 0.6) is 0 Å². The number of unbranched alkanes of at least 4 members (excludes halogenated alkanes) is 2. The van der Waals surface area contributed by atoms with Gasteiger partial charge in [-0.2, -0.15) is 0 Å². The first kappa shape index (κ1) is 13.8. The predicted octanol–water partition coefficient (Wildman–Crippen LogP) is 3.70. The zero-order valence-electron chi connectivity index (χ0n) is 9.56. The van der Waals surface area contributed by atoms with Crippen molar-refractivity contribution in [2.45, 2.75) is 47.8 Å². The van der Waals surface area contributed by atoms with Gasteiger partial charge in [-0.25, -0.2) is 0 Å². The van der Waals surface area contributed by atoms with E-state index in [1.165, 1.54) is 33.9 Å². The summed E-state index contributed by atoms with van der Waals surface area (Å²) in [5, 5.41) is 0. The molecule has 0 fully saturated rings. The van der Waals surface area contributed by atoms with E-state index < -0.39 is 21.1 Å². The Hall–Kier alpha value is 0.803. The molecule has 0 heterocycles. The van der Waals surface area contributed by atoms with Gasteiger partial charge in [0.2, 0.25) is 0 Å². The molecule has 0 aliphatic rings. The first-order chi connectivity index (χ1) is 6.24. The van der Waals surface area contributed by atoms with E-state index in [2.05, 4.69) is 13.8 Å². The van der Waals surface area contributed by atoms with Crippen molar-refractivity contribution in [2.75, 3.05) is 14.2 Å². The molecule has 0 N–H and O–H groups in total. The van der Waals surface area contributed by atoms with Crippen molar-refractivity contribution in [2.24, 2.45) is 0 Å². The van der Waals surface area contributed by atoms with E-state index in [-0.39, 0.29) is 0 Å². The average molecular weight is 268 g/mol. The molecule has 0 saturated carbocycles. The van der Waals surface area contributed by atoms with Crippen LogP contribution in [0.4, 0.5) is 0 Å². The summed E-state index contributed by atoms with van der Waals surface area (Å²) in [7, 11) is 3.68. The molecule has 0 bridgehead atoms. The van der Waals surface area contributed by atoms with Gasteiger partial charge < -0.3 is 0 Å². The summed E-state index contributed by atoms with van der Waals surface area (Å²) in [4.78, 5) is 0. The van der Waals surface area contributed by atoms with Gasteiger partial charge in [0.15, 0.2) is 0 Å². The molecule has 0 aliphatic carbocycles. The summed E-state index contributed by atoms with van der Waals surface area (Å²) in [6, 6.07) is 0. The fourth-order valence-corrected chi connectivity index (χ4v) is 8.93. The van der Waals surface area contributed by atoms with Crippen molar-refractivity contribution in [3.63, 3.8) is 0 Å². The van der Waals surface area contributed by atoms with Gasteiger partial charge in [-0.3, -0.25) is 0 Å². The van der Waals surface area contributed by atoms with Crippen LogP contribution in [0, 0.1) is 0 Å². The van der Waals surface area contributed by atoms with Gasteiger partial charge in [0.1, 0.15) is 0 Å². The fourth-order valence-electron chi connectivity index (χ4n) is 1.51. The van der Waals surface area contributed by atoms with Gasteiger partial charge in [0, 0.05) is 0 Å². The second kappa shape index (κ2) is 8.14. The van der Waals surface area contributed by atoms with Crippen LogP contribution in [0.15, 0.2) is 0 Å². The van der Waals surface area contributed by atoms with Crippen LogP contribution >= 0.6 is 0 Å². The van der Waals surface area contributed by atoms with Crippen LogP contribution in [0.2, 0.25) is 8.26 Å². The van der Waals surface area contributed by atoms with E-state index in [1.807, 2.05) is 14.2 Å². The molecular weight excluding hydrogens is 243 g/mol. The SMILES string of the molecule is CCC[CH2][Zr]([CH2]CCC)([O]C)[O]C. The maximum absolute atomic E-state index is 5.68. The van der Waals surface area contributed by atoms with Crippen molar-refractivity contribution >= 4 is 0 Å². The van der Waals surface area contributed by atoms with Crippen molar-refractivity contribution in [3.8, 4) is 0 Å². The molecular formula is C10H24O2Zr. The zero-order chi connectivity index (χ0) is 10.2. The van der Waals surface area contributed by atoms with Gasteiger partial charge >= 0.3 is 88.8 Å². The van der Waals surface area contributed by atoms with Crippen LogP contribution in [-0.4, -0.2) is 14.2 Å². The monoisotopic (exact) mass is 266 g/mol. The number of rotatable bonds is 8. The predicted molar refractivity (Wildman–Crippen MR) is 53.4 cm³/mol. The van der Waals surface area contributed by atoms with E-state index in [4.69, 9.17) is 5.63 Å². The Kier molecular flexibility index (Phi) is 8.64. The van der Waals surface area contributed by atoms with Crippen LogP contribution in [0.25, 0.3) is 0 Å². The van der Waals surface area contributed by atoms with Crippen molar-refractivity contribution in [3.05, 3.63) is 0 Å². The van der Waals surface area contributed by atoms with Gasteiger partial charge in [0.25, 0.3) is 0 Å². The molecule has 0 atom stereocenters. The summed E-state index contributed by atoms with van der Waals surface area (Å²) in [6.07, 6.45) is 5.03. The molecule has 0 aliphatic heterocycles. The van der Waals surface area contributed by atoms with E-state index in [0.29, 0.717) is 0 Å². The van der Waals surface area contributed by atoms with Crippen LogP contribution < -0.4 is 0 Å². The molecule has 0 aromatic heterocycles. The van der Waals surface area contributed by atoms with Crippen LogP contribution in [0.3, 0.4) is 0 Å². The standard InChI is InChI=1S/2C4H9.2CH3O.Zr/c2*1-3-4-2;2*1-2;/h2*1,3-4H2,2H3;2*1H3;/q;;2*-1;+2. The summed E-state index contributed by atoms with van der Waals surface area (Å²) >= 11 is -2.54. The third-order valence-corrected chi connectivity index (χ3v) is 11.7. The second-order valence-corrected chi connectivity index (χ2v) is 12.5. The fraction of sp³-hybridized carbons (Fsp3) is 1.00. The quantitative estimate of drug-likeness (QED) is 0.667. The van der Waals surface area contributed by atoms with Gasteiger partial charge in [-0.1, -0.05) is 0 Å². The van der Waals surface area contributed by atoms with E-state index in [9.17, 15) is 0 Å². The van der Waals surface area contributed by atoms with Crippen molar-refractivity contribution in [1.82, 2.24) is 0 Å². The molecule has 0 spiro atoms. The van der Waals surface area contributed by atoms with Crippen molar-refractivity contribution < 1.29 is 26.8 Å². The van der Waals surface area contributed by atoms with Gasteiger partial charge in [0.05, 0.1) is 0 Å². The Bertz CT molecular complexity index is 103. The first-order valence-electron chi connectivity index (χ1n) is 5.35. The number of hydrogen-bond donors (Lipinski definition) is 0. The maximum atomic E-state index is 5.68. The van der Waals surface area contributed by atoms with Crippen LogP contribution in [0.1, 0.15) is 39.5 Å². The Balaban J connectivity index is 3.97. The molecule has 0 aromatic rings. The van der Waals surface area contributed by atoms with Gasteiger partial charge in [-0.15, -0.1) is 0 Å². The minimum atomic E-state index is -2.54. The molecule has 0 amide bonds. The van der Waals surface area contributed by atoms with E-state index in [0.717, 1.165) is 0 Å². The molecule has 80 valence electrons. The van der Waals surface area contributed by atoms with Crippen molar-refractivity contribution in [1.29, 1.82) is 0 Å². The summed E-state index contributed by atoms with van der Waals surface area (Å²) in [6.45, 7) is 4.45. The summed E-state index contributed by atoms with van der Waals surface area (Å²) in [5.41, 5.74) is 0. The molecule has 0 unspecified atom stereocenters.